The summed E-state index contributed by atoms with van der Waals surface area (Å²) in [4.78, 5) is 41.3. The normalized spacial score (nSPS) is 16.3. The minimum absolute atomic E-state index is 0.0254. The highest BCUT2D eigenvalue weighted by Crippen LogP contribution is 2.41. The predicted octanol–water partition coefficient (Wildman–Crippen LogP) is 10.5. The smallest absolute Gasteiger partial charge is 0.413 e. The summed E-state index contributed by atoms with van der Waals surface area (Å²) in [5.41, 5.74) is -1.77. The molecule has 1 aliphatic heterocycles. The fourth-order valence-electron chi connectivity index (χ4n) is 5.84. The lowest BCUT2D eigenvalue weighted by atomic mass is 9.90. The number of hydrogen-bond acceptors (Lipinski definition) is 9. The summed E-state index contributed by atoms with van der Waals surface area (Å²) < 4.78 is 23.7. The summed E-state index contributed by atoms with van der Waals surface area (Å²) >= 11 is 8.40. The van der Waals surface area contributed by atoms with E-state index in [0.717, 1.165) is 26.7 Å². The monoisotopic (exact) mass is 762 g/mol. The molecule has 0 N–H and O–H groups in total. The van der Waals surface area contributed by atoms with Gasteiger partial charge >= 0.3 is 12.1 Å². The number of rotatable bonds is 12. The highest BCUT2D eigenvalue weighted by molar-refractivity contribution is 7.99. The first-order chi connectivity index (χ1) is 25.2. The topological polar surface area (TPSA) is 117 Å². The summed E-state index contributed by atoms with van der Waals surface area (Å²) in [5.74, 6) is -0.125. The number of aryl methyl sites for hydroxylation is 1. The Labute approximate surface area is 320 Å². The summed E-state index contributed by atoms with van der Waals surface area (Å²) in [6.45, 7) is 13.0. The van der Waals surface area contributed by atoms with Crippen LogP contribution in [0.3, 0.4) is 0 Å². The molecule has 1 atom stereocenters. The number of esters is 1. The molecule has 282 valence electrons. The van der Waals surface area contributed by atoms with Crippen LogP contribution in [0.2, 0.25) is 5.02 Å². The van der Waals surface area contributed by atoms with Crippen molar-refractivity contribution in [2.75, 3.05) is 13.2 Å². The Bertz CT molecular complexity index is 1880. The summed E-state index contributed by atoms with van der Waals surface area (Å²) in [6, 6.07) is 29.2. The van der Waals surface area contributed by atoms with Gasteiger partial charge in [0.15, 0.2) is 0 Å². The molecule has 0 bridgehead atoms. The Kier molecular flexibility index (Phi) is 14.0. The quantitative estimate of drug-likeness (QED) is 0.0789. The molecule has 0 radical (unpaired) electrons. The summed E-state index contributed by atoms with van der Waals surface area (Å²) in [5, 5.41) is 12.1. The molecule has 0 spiro atoms. The van der Waals surface area contributed by atoms with Crippen LogP contribution in [-0.2, 0) is 27.2 Å². The number of ether oxygens (including phenoxy) is 4. The molecule has 1 saturated heterocycles. The molecule has 0 aromatic heterocycles. The number of halogens is 1. The van der Waals surface area contributed by atoms with E-state index < -0.39 is 33.9 Å². The van der Waals surface area contributed by atoms with Crippen LogP contribution >= 0.6 is 23.4 Å². The van der Waals surface area contributed by atoms with Gasteiger partial charge in [0.25, 0.3) is 5.69 Å². The first kappa shape index (κ1) is 41.2. The fraction of sp³-hybridized carbons (Fsp3) is 0.366. The van der Waals surface area contributed by atoms with E-state index in [0.29, 0.717) is 18.1 Å². The first-order valence-electron chi connectivity index (χ1n) is 17.5. The van der Waals surface area contributed by atoms with Crippen LogP contribution in [-0.4, -0.2) is 52.0 Å². The Morgan fingerprint density at radius 3 is 2.30 bits per heavy atom. The van der Waals surface area contributed by atoms with Gasteiger partial charge in [0.05, 0.1) is 11.5 Å². The second kappa shape index (κ2) is 18.0. The Morgan fingerprint density at radius 2 is 1.62 bits per heavy atom. The van der Waals surface area contributed by atoms with Gasteiger partial charge in [-0.05, 0) is 95.0 Å². The lowest BCUT2D eigenvalue weighted by molar-refractivity contribution is -0.385. The largest absolute Gasteiger partial charge is 0.489 e. The Hall–Kier alpha value is -4.58. The van der Waals surface area contributed by atoms with Gasteiger partial charge in [-0.1, -0.05) is 91.8 Å². The van der Waals surface area contributed by atoms with E-state index in [1.54, 1.807) is 46.4 Å². The van der Waals surface area contributed by atoms with Crippen molar-refractivity contribution in [3.05, 3.63) is 129 Å². The molecule has 5 rings (SSSR count). The van der Waals surface area contributed by atoms with Gasteiger partial charge in [0.2, 0.25) is 0 Å². The van der Waals surface area contributed by atoms with Crippen LogP contribution in [0.4, 0.5) is 10.5 Å². The molecule has 0 saturated carbocycles. The maximum Gasteiger partial charge on any atom is 0.413 e. The van der Waals surface area contributed by atoms with E-state index in [4.69, 9.17) is 30.5 Å². The zero-order chi connectivity index (χ0) is 38.8. The number of carbonyl (C=O) groups is 2. The lowest BCUT2D eigenvalue weighted by Crippen LogP contribution is -2.59. The average molecular weight is 763 g/mol. The van der Waals surface area contributed by atoms with Crippen molar-refractivity contribution in [1.82, 2.24) is 4.90 Å². The van der Waals surface area contributed by atoms with Crippen LogP contribution in [0, 0.1) is 10.1 Å². The SMILES string of the molecule is CC.CC(C)(C)OC(=O)N1C(CCc2ccc(Sc3cccc(OCc4ccccc4)c3)cc2Cl)(COC(=O)c2ccccc2[N+](=O)[O-])COC1(C)C. The molecule has 1 heterocycles. The Balaban J connectivity index is 0.00000308. The van der Waals surface area contributed by atoms with Crippen molar-refractivity contribution in [3.63, 3.8) is 0 Å². The van der Waals surface area contributed by atoms with Crippen molar-refractivity contribution in [2.45, 2.75) is 94.6 Å². The third-order valence-electron chi connectivity index (χ3n) is 8.25. The van der Waals surface area contributed by atoms with Gasteiger partial charge in [-0.15, -0.1) is 0 Å². The van der Waals surface area contributed by atoms with Crippen molar-refractivity contribution in [1.29, 1.82) is 0 Å². The van der Waals surface area contributed by atoms with Gasteiger partial charge in [-0.2, -0.15) is 0 Å². The second-order valence-corrected chi connectivity index (χ2v) is 15.3. The van der Waals surface area contributed by atoms with Crippen molar-refractivity contribution < 1.29 is 33.5 Å². The van der Waals surface area contributed by atoms with Crippen molar-refractivity contribution in [3.8, 4) is 5.75 Å². The third kappa shape index (κ3) is 11.0. The second-order valence-electron chi connectivity index (χ2n) is 13.7. The zero-order valence-corrected chi connectivity index (χ0v) is 32.8. The lowest BCUT2D eigenvalue weighted by Gasteiger charge is -2.42. The molecule has 0 aliphatic carbocycles. The third-order valence-corrected chi connectivity index (χ3v) is 9.58. The number of para-hydroxylation sites is 1. The maximum absolute atomic E-state index is 13.7. The molecular weight excluding hydrogens is 716 g/mol. The minimum Gasteiger partial charge on any atom is -0.489 e. The molecule has 53 heavy (non-hydrogen) atoms. The molecule has 4 aromatic rings. The van der Waals surface area contributed by atoms with Crippen molar-refractivity contribution in [2.24, 2.45) is 0 Å². The highest BCUT2D eigenvalue weighted by atomic mass is 35.5. The highest BCUT2D eigenvalue weighted by Gasteiger charge is 2.56. The molecule has 10 nitrogen and oxygen atoms in total. The van der Waals surface area contributed by atoms with Gasteiger partial charge in [-0.25, -0.2) is 9.59 Å². The number of carbonyl (C=O) groups excluding carboxylic acids is 2. The summed E-state index contributed by atoms with van der Waals surface area (Å²) in [6.07, 6.45) is 0.0425. The van der Waals surface area contributed by atoms with Gasteiger partial charge < -0.3 is 18.9 Å². The molecule has 1 amide bonds. The number of hydrogen-bond donors (Lipinski definition) is 0. The van der Waals surface area contributed by atoms with Crippen LogP contribution in [0.1, 0.15) is 76.4 Å². The number of amides is 1. The molecular formula is C41H47ClN2O8S. The minimum atomic E-state index is -1.18. The van der Waals surface area contributed by atoms with Gasteiger partial charge in [-0.3, -0.25) is 15.0 Å². The maximum atomic E-state index is 13.7. The standard InChI is InChI=1S/C39H41ClN2O8S.C2H6/c1-37(2,3)50-36(44)41-38(4,5)49-26-39(41,25-48-35(43)32-16-9-10-17-34(32)42(45)46)21-20-28-18-19-31(23-33(28)40)51-30-15-11-14-29(22-30)47-24-27-12-7-6-8-13-27;1-2/h6-19,22-23H,20-21,24-26H2,1-5H3;1-2H3. The van der Waals surface area contributed by atoms with E-state index in [-0.39, 0.29) is 30.9 Å². The number of nitro groups is 1. The van der Waals surface area contributed by atoms with Crippen LogP contribution in [0.5, 0.6) is 5.75 Å². The number of benzene rings is 4. The van der Waals surface area contributed by atoms with Crippen LogP contribution in [0.15, 0.2) is 107 Å². The van der Waals surface area contributed by atoms with Crippen molar-refractivity contribution >= 4 is 41.1 Å². The summed E-state index contributed by atoms with van der Waals surface area (Å²) in [7, 11) is 0. The zero-order valence-electron chi connectivity index (χ0n) is 31.2. The average Bonchev–Trinajstić information content (AvgIpc) is 3.40. The number of nitrogens with zero attached hydrogens (tertiary/aromatic N) is 2. The van der Waals surface area contributed by atoms with Crippen LogP contribution in [0.25, 0.3) is 0 Å². The van der Waals surface area contributed by atoms with E-state index >= 15 is 0 Å². The molecule has 4 aromatic carbocycles. The van der Waals surface area contributed by atoms with E-state index in [1.807, 2.05) is 86.6 Å². The van der Waals surface area contributed by atoms with Gasteiger partial charge in [0, 0.05) is 20.9 Å². The van der Waals surface area contributed by atoms with Gasteiger partial charge in [0.1, 0.15) is 41.4 Å². The van der Waals surface area contributed by atoms with E-state index in [9.17, 15) is 19.7 Å². The number of nitro benzene ring substituents is 1. The molecule has 1 unspecified atom stereocenters. The molecule has 1 aliphatic rings. The van der Waals surface area contributed by atoms with E-state index in [2.05, 4.69) is 0 Å². The van der Waals surface area contributed by atoms with Crippen LogP contribution < -0.4 is 4.74 Å². The molecule has 1 fully saturated rings. The molecule has 12 heteroatoms. The Morgan fingerprint density at radius 1 is 0.943 bits per heavy atom. The first-order valence-corrected chi connectivity index (χ1v) is 18.7. The fourth-order valence-corrected chi connectivity index (χ4v) is 7.09. The van der Waals surface area contributed by atoms with E-state index in [1.165, 1.54) is 29.2 Å². The predicted molar refractivity (Wildman–Crippen MR) is 207 cm³/mol.